The van der Waals surface area contributed by atoms with Gasteiger partial charge in [0.2, 0.25) is 0 Å². The molecule has 3 rings (SSSR count). The first kappa shape index (κ1) is 10.2. The second-order valence-electron chi connectivity index (χ2n) is 3.81. The third kappa shape index (κ3) is 1.34. The lowest BCUT2D eigenvalue weighted by Gasteiger charge is -2.16. The topological polar surface area (TPSA) is 75.1 Å². The van der Waals surface area contributed by atoms with Crippen molar-refractivity contribution in [2.45, 2.75) is 6.92 Å². The van der Waals surface area contributed by atoms with Gasteiger partial charge in [-0.05, 0) is 53.8 Å². The van der Waals surface area contributed by atoms with E-state index in [1.54, 1.807) is 6.07 Å². The van der Waals surface area contributed by atoms with E-state index < -0.39 is 0 Å². The first-order valence-electron chi connectivity index (χ1n) is 4.97. The first-order valence-corrected chi connectivity index (χ1v) is 5.37. The largest absolute Gasteiger partial charge is 0.298 e. The van der Waals surface area contributed by atoms with E-state index in [0.29, 0.717) is 22.5 Å². The molecule has 0 aliphatic heterocycles. The quantitative estimate of drug-likeness (QED) is 0.698. The monoisotopic (exact) mass is 244 g/mol. The lowest BCUT2D eigenvalue weighted by Crippen LogP contribution is -2.20. The number of benzene rings is 1. The normalized spacial score (nSPS) is 17.4. The predicted molar refractivity (Wildman–Crippen MR) is 68.7 cm³/mol. The van der Waals surface area contributed by atoms with Crippen molar-refractivity contribution in [3.63, 3.8) is 0 Å². The van der Waals surface area contributed by atoms with Crippen LogP contribution in [0.15, 0.2) is 26.7 Å². The Hall–Kier alpha value is -1.95. The van der Waals surface area contributed by atoms with Gasteiger partial charge in [-0.2, -0.15) is 0 Å². The van der Waals surface area contributed by atoms with Crippen molar-refractivity contribution in [2.24, 2.45) is 4.40 Å². The average Bonchev–Trinajstić information content (AvgIpc) is 2.77. The Balaban J connectivity index is 2.40. The summed E-state index contributed by atoms with van der Waals surface area (Å²) in [5.41, 5.74) is 4.79. The third-order valence-electron chi connectivity index (χ3n) is 2.81. The summed E-state index contributed by atoms with van der Waals surface area (Å²) in [7, 11) is 0. The Labute approximate surface area is 102 Å². The van der Waals surface area contributed by atoms with Crippen LogP contribution in [-0.2, 0) is 0 Å². The fraction of sp³-hybridized carbons (Fsp3) is 0.0909. The number of allylic oxidation sites excluding steroid dienone is 1. The minimum Gasteiger partial charge on any atom is -0.298 e. The van der Waals surface area contributed by atoms with Crippen LogP contribution in [0.2, 0.25) is 0 Å². The summed E-state index contributed by atoms with van der Waals surface area (Å²) < 4.78 is 8.54. The molecule has 0 atom stereocenters. The minimum absolute atomic E-state index is 0.347. The molecule has 1 N–H and O–H groups in total. The van der Waals surface area contributed by atoms with Gasteiger partial charge >= 0.3 is 0 Å². The van der Waals surface area contributed by atoms with E-state index in [1.807, 2.05) is 19.1 Å². The number of nitrogens with one attached hydrogen (secondary N) is 1. The van der Waals surface area contributed by atoms with E-state index >= 15 is 0 Å². The van der Waals surface area contributed by atoms with Crippen molar-refractivity contribution < 1.29 is 4.63 Å². The lowest BCUT2D eigenvalue weighted by atomic mass is 9.89. The molecule has 5 nitrogen and oxygen atoms in total. The number of fused-ring (bicyclic) bond motifs is 3. The van der Waals surface area contributed by atoms with Crippen LogP contribution in [0.5, 0.6) is 0 Å². The molecule has 1 aromatic carbocycles. The highest BCUT2D eigenvalue weighted by Crippen LogP contribution is 2.28. The van der Waals surface area contributed by atoms with Gasteiger partial charge in [0.1, 0.15) is 11.0 Å². The highest BCUT2D eigenvalue weighted by atomic mass is 32.1. The maximum Gasteiger partial charge on any atom is 0.143 e. The first-order chi connectivity index (χ1) is 8.22. The van der Waals surface area contributed by atoms with Gasteiger partial charge in [-0.3, -0.25) is 5.41 Å². The third-order valence-corrected chi connectivity index (χ3v) is 3.01. The highest BCUT2D eigenvalue weighted by molar-refractivity contribution is 7.79. The maximum atomic E-state index is 8.09. The van der Waals surface area contributed by atoms with Gasteiger partial charge in [0.15, 0.2) is 0 Å². The minimum atomic E-state index is 0.347. The molecule has 1 aromatic heterocycles. The summed E-state index contributed by atoms with van der Waals surface area (Å²) in [6, 6.07) is 3.61. The van der Waals surface area contributed by atoms with Crippen LogP contribution in [0.1, 0.15) is 18.1 Å². The maximum absolute atomic E-state index is 8.09. The Morgan fingerprint density at radius 2 is 2.18 bits per heavy atom. The summed E-state index contributed by atoms with van der Waals surface area (Å²) in [6.45, 7) is 1.89. The molecule has 0 amide bonds. The summed E-state index contributed by atoms with van der Waals surface area (Å²) in [5.74, 6) is 0. The summed E-state index contributed by atoms with van der Waals surface area (Å²) in [4.78, 5) is 0. The van der Waals surface area contributed by atoms with E-state index in [4.69, 9.17) is 10.0 Å². The van der Waals surface area contributed by atoms with Crippen LogP contribution in [0.3, 0.4) is 0 Å². The molecule has 84 valence electrons. The molecule has 0 fully saturated rings. The number of thiol groups is 1. The zero-order valence-electron chi connectivity index (χ0n) is 8.93. The van der Waals surface area contributed by atoms with Crippen molar-refractivity contribution in [1.29, 1.82) is 5.41 Å². The molecule has 1 heterocycles. The van der Waals surface area contributed by atoms with E-state index in [9.17, 15) is 0 Å². The Kier molecular flexibility index (Phi) is 2.12. The van der Waals surface area contributed by atoms with Gasteiger partial charge in [0.25, 0.3) is 0 Å². The van der Waals surface area contributed by atoms with Crippen LogP contribution in [0, 0.1) is 5.41 Å². The zero-order valence-corrected chi connectivity index (χ0v) is 9.82. The molecule has 6 heteroatoms. The van der Waals surface area contributed by atoms with Gasteiger partial charge in [0, 0.05) is 11.1 Å². The second-order valence-corrected chi connectivity index (χ2v) is 4.01. The lowest BCUT2D eigenvalue weighted by molar-refractivity contribution is 0.315. The molecule has 0 saturated heterocycles. The van der Waals surface area contributed by atoms with Gasteiger partial charge < -0.3 is 0 Å². The number of aromatic nitrogens is 2. The molecule has 0 bridgehead atoms. The highest BCUT2D eigenvalue weighted by Gasteiger charge is 2.22. The van der Waals surface area contributed by atoms with Crippen LogP contribution in [0.25, 0.3) is 17.1 Å². The molecule has 1 aliphatic carbocycles. The number of hydrogen-bond acceptors (Lipinski definition) is 6. The molecular weight excluding hydrogens is 236 g/mol. The van der Waals surface area contributed by atoms with Gasteiger partial charge in [0.05, 0.1) is 11.4 Å². The Morgan fingerprint density at radius 3 is 2.94 bits per heavy atom. The van der Waals surface area contributed by atoms with Gasteiger partial charge in [-0.25, -0.2) is 9.03 Å². The second kappa shape index (κ2) is 3.53. The van der Waals surface area contributed by atoms with E-state index in [1.165, 1.54) is 0 Å². The molecule has 0 saturated carbocycles. The van der Waals surface area contributed by atoms with E-state index in [2.05, 4.69) is 27.5 Å². The van der Waals surface area contributed by atoms with Crippen LogP contribution in [0.4, 0.5) is 0 Å². The van der Waals surface area contributed by atoms with E-state index in [-0.39, 0.29) is 0 Å². The van der Waals surface area contributed by atoms with Gasteiger partial charge in [-0.1, -0.05) is 0 Å². The Morgan fingerprint density at radius 1 is 1.35 bits per heavy atom. The average molecular weight is 244 g/mol. The van der Waals surface area contributed by atoms with Crippen LogP contribution in [-0.4, -0.2) is 21.7 Å². The van der Waals surface area contributed by atoms with E-state index in [0.717, 1.165) is 16.7 Å². The molecule has 0 spiro atoms. The van der Waals surface area contributed by atoms with Crippen molar-refractivity contribution >= 4 is 41.3 Å². The standard InChI is InChI=1S/C11H8N4OS/c1-5-4-7-6(9(12)10(5)15-17)2-3-8-11(7)14-16-13-8/h2-4,12,17H,1H3/b12-9?,15-10-. The zero-order chi connectivity index (χ0) is 12.0. The van der Waals surface area contributed by atoms with Crippen molar-refractivity contribution in [2.75, 3.05) is 0 Å². The van der Waals surface area contributed by atoms with Crippen molar-refractivity contribution in [3.05, 3.63) is 28.8 Å². The summed E-state index contributed by atoms with van der Waals surface area (Å²) >= 11 is 3.89. The molecule has 17 heavy (non-hydrogen) atoms. The van der Waals surface area contributed by atoms with Gasteiger partial charge in [-0.15, -0.1) is 0 Å². The van der Waals surface area contributed by atoms with Crippen molar-refractivity contribution in [1.82, 2.24) is 10.3 Å². The molecule has 2 aromatic rings. The Bertz CT molecular complexity index is 699. The smallest absolute Gasteiger partial charge is 0.143 e. The fourth-order valence-electron chi connectivity index (χ4n) is 1.97. The fourth-order valence-corrected chi connectivity index (χ4v) is 2.23. The van der Waals surface area contributed by atoms with Crippen molar-refractivity contribution in [3.8, 4) is 0 Å². The van der Waals surface area contributed by atoms with Crippen LogP contribution >= 0.6 is 12.8 Å². The predicted octanol–water partition coefficient (Wildman–Crippen LogP) is 2.29. The molecule has 1 aliphatic rings. The molecule has 0 radical (unpaired) electrons. The number of nitrogens with zero attached hydrogens (tertiary/aromatic N) is 3. The number of rotatable bonds is 0. The summed E-state index contributed by atoms with van der Waals surface area (Å²) in [5, 5.41) is 15.7. The molecular formula is C11H8N4OS. The molecule has 0 unspecified atom stereocenters. The van der Waals surface area contributed by atoms with Crippen LogP contribution < -0.4 is 0 Å². The SMILES string of the molecule is CC1=Cc2c(ccc3nonc23)C(=N)/C1=N\S. The number of hydrogen-bond donors (Lipinski definition) is 2. The summed E-state index contributed by atoms with van der Waals surface area (Å²) in [6.07, 6.45) is 1.93.